The molecule has 19 heavy (non-hydrogen) atoms. The maximum atomic E-state index is 4.61. The van der Waals surface area contributed by atoms with Crippen molar-refractivity contribution in [1.82, 2.24) is 9.97 Å². The van der Waals surface area contributed by atoms with Gasteiger partial charge in [-0.1, -0.05) is 6.42 Å². The third-order valence-corrected chi connectivity index (χ3v) is 3.97. The minimum absolute atomic E-state index is 0.593. The summed E-state index contributed by atoms with van der Waals surface area (Å²) in [5, 5.41) is 6.54. The maximum Gasteiger partial charge on any atom is 0.136 e. The molecule has 0 aliphatic heterocycles. The molecule has 0 atom stereocenters. The number of nitrogens with zero attached hydrogens (tertiary/aromatic N) is 2. The molecule has 1 aromatic heterocycles. The van der Waals surface area contributed by atoms with Crippen LogP contribution in [0.15, 0.2) is 6.07 Å². The van der Waals surface area contributed by atoms with Gasteiger partial charge in [0.25, 0.3) is 0 Å². The summed E-state index contributed by atoms with van der Waals surface area (Å²) in [4.78, 5) is 9.13. The van der Waals surface area contributed by atoms with Gasteiger partial charge in [-0.3, -0.25) is 0 Å². The lowest BCUT2D eigenvalue weighted by molar-refractivity contribution is 0.747. The topological polar surface area (TPSA) is 49.8 Å². The number of anilines is 2. The quantitative estimate of drug-likeness (QED) is 0.679. The Balaban J connectivity index is 1.80. The Bertz CT molecular complexity index is 393. The number of hydrogen-bond donors (Lipinski definition) is 2. The van der Waals surface area contributed by atoms with E-state index in [1.807, 2.05) is 24.9 Å². The van der Waals surface area contributed by atoms with E-state index in [4.69, 9.17) is 0 Å². The van der Waals surface area contributed by atoms with Crippen LogP contribution in [-0.4, -0.2) is 35.6 Å². The lowest BCUT2D eigenvalue weighted by Crippen LogP contribution is -2.07. The summed E-state index contributed by atoms with van der Waals surface area (Å²) in [6.45, 7) is 0.999. The van der Waals surface area contributed by atoms with E-state index < -0.39 is 0 Å². The smallest absolute Gasteiger partial charge is 0.136 e. The molecule has 2 rings (SSSR count). The van der Waals surface area contributed by atoms with Crippen LogP contribution in [0.5, 0.6) is 0 Å². The van der Waals surface area contributed by atoms with Gasteiger partial charge in [0.15, 0.2) is 0 Å². The molecule has 0 bridgehead atoms. The lowest BCUT2D eigenvalue weighted by Gasteiger charge is -2.09. The summed E-state index contributed by atoms with van der Waals surface area (Å²) in [5.74, 6) is 4.74. The van der Waals surface area contributed by atoms with Gasteiger partial charge < -0.3 is 10.6 Å². The highest BCUT2D eigenvalue weighted by Gasteiger charge is 2.27. The Labute approximate surface area is 120 Å². The highest BCUT2D eigenvalue weighted by atomic mass is 32.2. The predicted molar refractivity (Wildman–Crippen MR) is 84.3 cm³/mol. The van der Waals surface area contributed by atoms with E-state index in [0.717, 1.165) is 24.0 Å². The second-order valence-corrected chi connectivity index (χ2v) is 5.99. The monoisotopic (exact) mass is 280 g/mol. The van der Waals surface area contributed by atoms with Crippen molar-refractivity contribution in [3.05, 3.63) is 11.9 Å². The molecule has 0 amide bonds. The van der Waals surface area contributed by atoms with Crippen molar-refractivity contribution in [1.29, 1.82) is 0 Å². The van der Waals surface area contributed by atoms with Gasteiger partial charge in [0.1, 0.15) is 17.5 Å². The van der Waals surface area contributed by atoms with Crippen molar-refractivity contribution < 1.29 is 0 Å². The summed E-state index contributed by atoms with van der Waals surface area (Å²) in [5.41, 5.74) is 0. The van der Waals surface area contributed by atoms with Crippen LogP contribution in [0.3, 0.4) is 0 Å². The van der Waals surface area contributed by atoms with Crippen molar-refractivity contribution in [2.45, 2.75) is 38.0 Å². The van der Waals surface area contributed by atoms with E-state index in [1.54, 1.807) is 0 Å². The number of rotatable bonds is 9. The minimum atomic E-state index is 0.593. The molecule has 4 nitrogen and oxygen atoms in total. The van der Waals surface area contributed by atoms with Crippen LogP contribution in [0.2, 0.25) is 0 Å². The summed E-state index contributed by atoms with van der Waals surface area (Å²) in [7, 11) is 1.91. The second kappa shape index (κ2) is 7.58. The van der Waals surface area contributed by atoms with Crippen molar-refractivity contribution in [2.24, 2.45) is 0 Å². The Kier molecular flexibility index (Phi) is 5.76. The Morgan fingerprint density at radius 3 is 2.68 bits per heavy atom. The molecular formula is C14H24N4S. The zero-order valence-corrected chi connectivity index (χ0v) is 12.7. The molecule has 1 aromatic rings. The van der Waals surface area contributed by atoms with Crippen LogP contribution in [0.4, 0.5) is 11.6 Å². The molecule has 5 heteroatoms. The van der Waals surface area contributed by atoms with Gasteiger partial charge >= 0.3 is 0 Å². The van der Waals surface area contributed by atoms with Crippen LogP contribution >= 0.6 is 11.8 Å². The summed E-state index contributed by atoms with van der Waals surface area (Å²) in [6.07, 6.45) is 8.44. The van der Waals surface area contributed by atoms with Crippen molar-refractivity contribution in [3.8, 4) is 0 Å². The van der Waals surface area contributed by atoms with Crippen LogP contribution < -0.4 is 10.6 Å². The van der Waals surface area contributed by atoms with Crippen molar-refractivity contribution >= 4 is 23.4 Å². The zero-order chi connectivity index (χ0) is 13.5. The number of nitrogens with one attached hydrogen (secondary N) is 2. The predicted octanol–water partition coefficient (Wildman–Crippen LogP) is 3.34. The largest absolute Gasteiger partial charge is 0.373 e. The molecule has 0 spiro atoms. The van der Waals surface area contributed by atoms with Gasteiger partial charge in [-0.25, -0.2) is 9.97 Å². The fourth-order valence-corrected chi connectivity index (χ4v) is 2.47. The average molecular weight is 280 g/mol. The number of hydrogen-bond acceptors (Lipinski definition) is 5. The van der Waals surface area contributed by atoms with Crippen molar-refractivity contribution in [2.75, 3.05) is 36.2 Å². The molecule has 0 aromatic carbocycles. The highest BCUT2D eigenvalue weighted by Crippen LogP contribution is 2.38. The molecule has 106 valence electrons. The molecule has 1 aliphatic carbocycles. The van der Waals surface area contributed by atoms with E-state index in [2.05, 4.69) is 26.9 Å². The third-order valence-electron chi connectivity index (χ3n) is 3.27. The first-order chi connectivity index (χ1) is 9.33. The first-order valence-corrected chi connectivity index (χ1v) is 8.52. The fourth-order valence-electron chi connectivity index (χ4n) is 1.97. The average Bonchev–Trinajstić information content (AvgIpc) is 3.27. The van der Waals surface area contributed by atoms with E-state index in [9.17, 15) is 0 Å². The first-order valence-electron chi connectivity index (χ1n) is 7.13. The van der Waals surface area contributed by atoms with E-state index >= 15 is 0 Å². The van der Waals surface area contributed by atoms with E-state index in [-0.39, 0.29) is 0 Å². The normalized spacial score (nSPS) is 14.4. The van der Waals surface area contributed by atoms with Crippen LogP contribution in [-0.2, 0) is 0 Å². The molecular weight excluding hydrogens is 256 g/mol. The fraction of sp³-hybridized carbons (Fsp3) is 0.714. The molecule has 0 unspecified atom stereocenters. The third kappa shape index (κ3) is 4.90. The Morgan fingerprint density at radius 2 is 2.00 bits per heavy atom. The first kappa shape index (κ1) is 14.4. The van der Waals surface area contributed by atoms with E-state index in [0.29, 0.717) is 5.92 Å². The zero-order valence-electron chi connectivity index (χ0n) is 11.9. The second-order valence-electron chi connectivity index (χ2n) is 5.00. The summed E-state index contributed by atoms with van der Waals surface area (Å²) in [6, 6.07) is 1.99. The Hall–Kier alpha value is -0.970. The Morgan fingerprint density at radius 1 is 1.21 bits per heavy atom. The number of thioether (sulfide) groups is 1. The van der Waals surface area contributed by atoms with Crippen molar-refractivity contribution in [3.63, 3.8) is 0 Å². The summed E-state index contributed by atoms with van der Waals surface area (Å²) >= 11 is 1.92. The van der Waals surface area contributed by atoms with Crippen LogP contribution in [0.1, 0.15) is 43.8 Å². The molecule has 0 radical (unpaired) electrons. The van der Waals surface area contributed by atoms with Gasteiger partial charge in [0, 0.05) is 25.6 Å². The van der Waals surface area contributed by atoms with Crippen LogP contribution in [0, 0.1) is 0 Å². The summed E-state index contributed by atoms with van der Waals surface area (Å²) < 4.78 is 0. The highest BCUT2D eigenvalue weighted by molar-refractivity contribution is 7.98. The van der Waals surface area contributed by atoms with Gasteiger partial charge in [-0.05, 0) is 37.7 Å². The van der Waals surface area contributed by atoms with Gasteiger partial charge in [-0.2, -0.15) is 11.8 Å². The molecule has 1 fully saturated rings. The van der Waals surface area contributed by atoms with Gasteiger partial charge in [-0.15, -0.1) is 0 Å². The SMILES string of the molecule is CNc1cc(NCCCCCSC)nc(C2CC2)n1. The minimum Gasteiger partial charge on any atom is -0.373 e. The van der Waals surface area contributed by atoms with E-state index in [1.165, 1.54) is 37.9 Å². The van der Waals surface area contributed by atoms with Crippen LogP contribution in [0.25, 0.3) is 0 Å². The van der Waals surface area contributed by atoms with Gasteiger partial charge in [0.2, 0.25) is 0 Å². The molecule has 2 N–H and O–H groups in total. The maximum absolute atomic E-state index is 4.61. The standard InChI is InChI=1S/C14H24N4S/c1-15-12-10-13(16-8-4-3-5-9-19-2)18-14(17-12)11-6-7-11/h10-11H,3-9H2,1-2H3,(H2,15,16,17,18). The molecule has 1 saturated carbocycles. The molecule has 1 heterocycles. The molecule has 0 saturated heterocycles. The number of unbranched alkanes of at least 4 members (excludes halogenated alkanes) is 2. The van der Waals surface area contributed by atoms with Gasteiger partial charge in [0.05, 0.1) is 0 Å². The molecule has 1 aliphatic rings. The number of aromatic nitrogens is 2. The lowest BCUT2D eigenvalue weighted by atomic mass is 10.2.